The van der Waals surface area contributed by atoms with Crippen LogP contribution in [-0.2, 0) is 0 Å². The SMILES string of the molecule is CC(O)C1CCN(CC(=O)c2cccc(Br)c2)C1. The van der Waals surface area contributed by atoms with Crippen molar-refractivity contribution >= 4 is 21.7 Å². The van der Waals surface area contributed by atoms with Gasteiger partial charge in [0, 0.05) is 16.6 Å². The topological polar surface area (TPSA) is 40.5 Å². The van der Waals surface area contributed by atoms with E-state index in [1.54, 1.807) is 0 Å². The Labute approximate surface area is 116 Å². The first kappa shape index (κ1) is 13.7. The average molecular weight is 312 g/mol. The van der Waals surface area contributed by atoms with Gasteiger partial charge in [-0.25, -0.2) is 0 Å². The molecule has 2 rings (SSSR count). The summed E-state index contributed by atoms with van der Waals surface area (Å²) in [7, 11) is 0. The molecule has 0 bridgehead atoms. The lowest BCUT2D eigenvalue weighted by Gasteiger charge is -2.16. The number of likely N-dealkylation sites (tertiary alicyclic amines) is 1. The Morgan fingerprint density at radius 2 is 2.39 bits per heavy atom. The molecule has 0 aliphatic carbocycles. The fourth-order valence-electron chi connectivity index (χ4n) is 2.36. The predicted molar refractivity (Wildman–Crippen MR) is 74.7 cm³/mol. The Morgan fingerprint density at radius 3 is 3.00 bits per heavy atom. The molecule has 1 saturated heterocycles. The molecule has 98 valence electrons. The maximum absolute atomic E-state index is 12.1. The number of halogens is 1. The molecule has 1 aromatic carbocycles. The summed E-state index contributed by atoms with van der Waals surface area (Å²) in [6, 6.07) is 7.48. The van der Waals surface area contributed by atoms with Crippen molar-refractivity contribution in [3.05, 3.63) is 34.3 Å². The number of rotatable bonds is 4. The van der Waals surface area contributed by atoms with E-state index in [4.69, 9.17) is 0 Å². The lowest BCUT2D eigenvalue weighted by Crippen LogP contribution is -2.29. The third-order valence-electron chi connectivity index (χ3n) is 3.50. The van der Waals surface area contributed by atoms with E-state index in [0.717, 1.165) is 29.5 Å². The number of aliphatic hydroxyl groups is 1. The van der Waals surface area contributed by atoms with Crippen molar-refractivity contribution < 1.29 is 9.90 Å². The summed E-state index contributed by atoms with van der Waals surface area (Å²) >= 11 is 3.37. The van der Waals surface area contributed by atoms with E-state index < -0.39 is 0 Å². The van der Waals surface area contributed by atoms with Crippen molar-refractivity contribution in [1.82, 2.24) is 4.90 Å². The lowest BCUT2D eigenvalue weighted by atomic mass is 10.0. The zero-order valence-electron chi connectivity index (χ0n) is 10.5. The number of carbonyl (C=O) groups is 1. The largest absolute Gasteiger partial charge is 0.393 e. The average Bonchev–Trinajstić information content (AvgIpc) is 2.77. The van der Waals surface area contributed by atoms with E-state index in [2.05, 4.69) is 20.8 Å². The van der Waals surface area contributed by atoms with Gasteiger partial charge >= 0.3 is 0 Å². The molecule has 1 heterocycles. The van der Waals surface area contributed by atoms with Gasteiger partial charge in [0.15, 0.2) is 5.78 Å². The van der Waals surface area contributed by atoms with Crippen molar-refractivity contribution in [2.24, 2.45) is 5.92 Å². The zero-order chi connectivity index (χ0) is 13.1. The number of nitrogens with zero attached hydrogens (tertiary/aromatic N) is 1. The van der Waals surface area contributed by atoms with E-state index in [1.807, 2.05) is 31.2 Å². The summed E-state index contributed by atoms with van der Waals surface area (Å²) in [5, 5.41) is 9.54. The Bertz CT molecular complexity index is 434. The van der Waals surface area contributed by atoms with Crippen LogP contribution in [0.25, 0.3) is 0 Å². The standard InChI is InChI=1S/C14H18BrNO2/c1-10(17)12-5-6-16(8-12)9-14(18)11-3-2-4-13(15)7-11/h2-4,7,10,12,17H,5-6,8-9H2,1H3. The Balaban J connectivity index is 1.93. The fourth-order valence-corrected chi connectivity index (χ4v) is 2.76. The zero-order valence-corrected chi connectivity index (χ0v) is 12.1. The van der Waals surface area contributed by atoms with Crippen molar-refractivity contribution in [1.29, 1.82) is 0 Å². The van der Waals surface area contributed by atoms with Crippen LogP contribution < -0.4 is 0 Å². The van der Waals surface area contributed by atoms with E-state index in [9.17, 15) is 9.90 Å². The second kappa shape index (κ2) is 5.95. The number of hydrogen-bond donors (Lipinski definition) is 1. The number of benzene rings is 1. The number of aliphatic hydroxyl groups excluding tert-OH is 1. The van der Waals surface area contributed by atoms with E-state index in [0.29, 0.717) is 12.5 Å². The van der Waals surface area contributed by atoms with Gasteiger partial charge in [-0.05, 0) is 37.9 Å². The smallest absolute Gasteiger partial charge is 0.176 e. The molecule has 3 nitrogen and oxygen atoms in total. The molecular formula is C14H18BrNO2. The van der Waals surface area contributed by atoms with E-state index >= 15 is 0 Å². The summed E-state index contributed by atoms with van der Waals surface area (Å²) in [6.07, 6.45) is 0.694. The van der Waals surface area contributed by atoms with Crippen molar-refractivity contribution in [2.45, 2.75) is 19.4 Å². The van der Waals surface area contributed by atoms with Crippen LogP contribution in [-0.4, -0.2) is 41.5 Å². The fraction of sp³-hybridized carbons (Fsp3) is 0.500. The van der Waals surface area contributed by atoms with Crippen LogP contribution in [0.5, 0.6) is 0 Å². The predicted octanol–water partition coefficient (Wildman–Crippen LogP) is 2.33. The van der Waals surface area contributed by atoms with E-state index in [1.165, 1.54) is 0 Å². The maximum Gasteiger partial charge on any atom is 0.176 e. The Hall–Kier alpha value is -0.710. The van der Waals surface area contributed by atoms with Gasteiger partial charge in [0.25, 0.3) is 0 Å². The molecule has 1 aliphatic rings. The third-order valence-corrected chi connectivity index (χ3v) is 4.00. The molecule has 1 fully saturated rings. The van der Waals surface area contributed by atoms with Crippen LogP contribution in [0.15, 0.2) is 28.7 Å². The molecule has 4 heteroatoms. The van der Waals surface area contributed by atoms with Crippen LogP contribution in [0.2, 0.25) is 0 Å². The van der Waals surface area contributed by atoms with Gasteiger partial charge in [-0.3, -0.25) is 9.69 Å². The van der Waals surface area contributed by atoms with Gasteiger partial charge in [0.1, 0.15) is 0 Å². The molecule has 18 heavy (non-hydrogen) atoms. The molecule has 0 aromatic heterocycles. The quantitative estimate of drug-likeness (QED) is 0.868. The molecule has 0 amide bonds. The minimum absolute atomic E-state index is 0.141. The lowest BCUT2D eigenvalue weighted by molar-refractivity contribution is 0.0925. The number of hydrogen-bond acceptors (Lipinski definition) is 3. The molecule has 1 aromatic rings. The van der Waals surface area contributed by atoms with Crippen LogP contribution >= 0.6 is 15.9 Å². The highest BCUT2D eigenvalue weighted by Gasteiger charge is 2.27. The summed E-state index contributed by atoms with van der Waals surface area (Å²) in [6.45, 7) is 3.98. The molecule has 0 spiro atoms. The summed E-state index contributed by atoms with van der Waals surface area (Å²) < 4.78 is 0.927. The number of carbonyl (C=O) groups excluding carboxylic acids is 1. The van der Waals surface area contributed by atoms with Gasteiger partial charge < -0.3 is 5.11 Å². The van der Waals surface area contributed by atoms with Gasteiger partial charge in [-0.15, -0.1) is 0 Å². The third kappa shape index (κ3) is 3.40. The summed E-state index contributed by atoms with van der Waals surface area (Å²) in [4.78, 5) is 14.2. The van der Waals surface area contributed by atoms with Crippen LogP contribution in [0.4, 0.5) is 0 Å². The molecule has 2 atom stereocenters. The molecule has 1 N–H and O–H groups in total. The molecular weight excluding hydrogens is 294 g/mol. The minimum atomic E-state index is -0.282. The maximum atomic E-state index is 12.1. The van der Waals surface area contributed by atoms with Crippen LogP contribution in [0.1, 0.15) is 23.7 Å². The first-order valence-electron chi connectivity index (χ1n) is 6.25. The first-order chi connectivity index (χ1) is 8.56. The highest BCUT2D eigenvalue weighted by Crippen LogP contribution is 2.20. The van der Waals surface area contributed by atoms with Crippen LogP contribution in [0, 0.1) is 5.92 Å². The minimum Gasteiger partial charge on any atom is -0.393 e. The molecule has 0 radical (unpaired) electrons. The second-order valence-corrected chi connectivity index (χ2v) is 5.87. The Morgan fingerprint density at radius 1 is 1.61 bits per heavy atom. The van der Waals surface area contributed by atoms with Crippen molar-refractivity contribution in [3.63, 3.8) is 0 Å². The number of Topliss-reactive ketones (excluding diaryl/α,β-unsaturated/α-hetero) is 1. The van der Waals surface area contributed by atoms with Crippen molar-refractivity contribution in [2.75, 3.05) is 19.6 Å². The van der Waals surface area contributed by atoms with Gasteiger partial charge in [0.2, 0.25) is 0 Å². The van der Waals surface area contributed by atoms with Crippen LogP contribution in [0.3, 0.4) is 0 Å². The van der Waals surface area contributed by atoms with E-state index in [-0.39, 0.29) is 11.9 Å². The van der Waals surface area contributed by atoms with Gasteiger partial charge in [-0.1, -0.05) is 28.1 Å². The monoisotopic (exact) mass is 311 g/mol. The summed E-state index contributed by atoms with van der Waals surface area (Å²) in [5.74, 6) is 0.447. The van der Waals surface area contributed by atoms with Gasteiger partial charge in [-0.2, -0.15) is 0 Å². The second-order valence-electron chi connectivity index (χ2n) is 4.96. The number of ketones is 1. The summed E-state index contributed by atoms with van der Waals surface area (Å²) in [5.41, 5.74) is 0.741. The van der Waals surface area contributed by atoms with Crippen molar-refractivity contribution in [3.8, 4) is 0 Å². The highest BCUT2D eigenvalue weighted by molar-refractivity contribution is 9.10. The molecule has 2 unspecified atom stereocenters. The van der Waals surface area contributed by atoms with Gasteiger partial charge in [0.05, 0.1) is 12.6 Å². The first-order valence-corrected chi connectivity index (χ1v) is 7.05. The highest BCUT2D eigenvalue weighted by atomic mass is 79.9. The Kier molecular flexibility index (Phi) is 4.54. The normalized spacial score (nSPS) is 22.1. The molecule has 1 aliphatic heterocycles. The molecule has 0 saturated carbocycles.